The van der Waals surface area contributed by atoms with Crippen molar-refractivity contribution in [1.82, 2.24) is 9.88 Å². The maximum absolute atomic E-state index is 13.0. The molecule has 27 heavy (non-hydrogen) atoms. The van der Waals surface area contributed by atoms with Crippen molar-refractivity contribution in [3.05, 3.63) is 60.2 Å². The minimum Gasteiger partial charge on any atom is -0.492 e. The number of halogens is 1. The number of carbonyl (C=O) groups is 1. The SMILES string of the molecule is O=C(Cc1ccc(F)cc1)N1C[C@H]2[C@@H](CCOc3cccnc3)CO[C@H]2C1. The van der Waals surface area contributed by atoms with Crippen molar-refractivity contribution < 1.29 is 18.7 Å². The average Bonchev–Trinajstić information content (AvgIpc) is 3.26. The van der Waals surface area contributed by atoms with Gasteiger partial charge in [0.2, 0.25) is 5.91 Å². The molecule has 0 bridgehead atoms. The van der Waals surface area contributed by atoms with Crippen LogP contribution in [0, 0.1) is 17.7 Å². The second kappa shape index (κ2) is 8.05. The highest BCUT2D eigenvalue weighted by Crippen LogP contribution is 2.35. The number of hydrogen-bond donors (Lipinski definition) is 0. The first-order chi connectivity index (χ1) is 13.2. The third kappa shape index (κ3) is 4.27. The summed E-state index contributed by atoms with van der Waals surface area (Å²) in [6.07, 6.45) is 4.74. The van der Waals surface area contributed by atoms with Crippen molar-refractivity contribution in [3.8, 4) is 5.75 Å². The molecule has 0 saturated carbocycles. The van der Waals surface area contributed by atoms with Gasteiger partial charge in [-0.2, -0.15) is 0 Å². The molecule has 2 aliphatic heterocycles. The number of benzene rings is 1. The second-order valence-electron chi connectivity index (χ2n) is 7.22. The number of hydrogen-bond acceptors (Lipinski definition) is 4. The van der Waals surface area contributed by atoms with E-state index in [0.29, 0.717) is 31.4 Å². The van der Waals surface area contributed by atoms with Crippen LogP contribution in [0.4, 0.5) is 4.39 Å². The Bertz CT molecular complexity index is 769. The average molecular weight is 370 g/mol. The molecule has 0 spiro atoms. The van der Waals surface area contributed by atoms with Gasteiger partial charge in [0.15, 0.2) is 0 Å². The van der Waals surface area contributed by atoms with Crippen LogP contribution in [0.15, 0.2) is 48.8 Å². The smallest absolute Gasteiger partial charge is 0.227 e. The molecule has 6 heteroatoms. The van der Waals surface area contributed by atoms with E-state index in [0.717, 1.165) is 30.9 Å². The fraction of sp³-hybridized carbons (Fsp3) is 0.429. The van der Waals surface area contributed by atoms with Crippen LogP contribution in [0.1, 0.15) is 12.0 Å². The summed E-state index contributed by atoms with van der Waals surface area (Å²) in [5.41, 5.74) is 0.834. The van der Waals surface area contributed by atoms with Crippen LogP contribution in [0.25, 0.3) is 0 Å². The summed E-state index contributed by atoms with van der Waals surface area (Å²) in [6.45, 7) is 2.71. The predicted octanol–water partition coefficient (Wildman–Crippen LogP) is 2.71. The number of fused-ring (bicyclic) bond motifs is 1. The van der Waals surface area contributed by atoms with Crippen molar-refractivity contribution in [3.63, 3.8) is 0 Å². The van der Waals surface area contributed by atoms with Gasteiger partial charge >= 0.3 is 0 Å². The fourth-order valence-corrected chi connectivity index (χ4v) is 3.95. The Labute approximate surface area is 158 Å². The Morgan fingerprint density at radius 3 is 2.89 bits per heavy atom. The van der Waals surface area contributed by atoms with Crippen molar-refractivity contribution in [2.45, 2.75) is 18.9 Å². The Kier molecular flexibility index (Phi) is 5.34. The number of likely N-dealkylation sites (tertiary alicyclic amines) is 1. The normalized spacial score (nSPS) is 24.0. The Hall–Kier alpha value is -2.47. The number of rotatable bonds is 6. The first-order valence-corrected chi connectivity index (χ1v) is 9.35. The molecule has 2 saturated heterocycles. The van der Waals surface area contributed by atoms with Crippen molar-refractivity contribution >= 4 is 5.91 Å². The van der Waals surface area contributed by atoms with Crippen LogP contribution in [0.5, 0.6) is 5.75 Å². The lowest BCUT2D eigenvalue weighted by molar-refractivity contribution is -0.130. The molecule has 0 aliphatic carbocycles. The Morgan fingerprint density at radius 1 is 1.26 bits per heavy atom. The van der Waals surface area contributed by atoms with Gasteiger partial charge in [-0.1, -0.05) is 12.1 Å². The van der Waals surface area contributed by atoms with Crippen LogP contribution in [-0.4, -0.2) is 48.2 Å². The monoisotopic (exact) mass is 370 g/mol. The molecular formula is C21H23FN2O3. The highest BCUT2D eigenvalue weighted by atomic mass is 19.1. The molecule has 2 fully saturated rings. The van der Waals surface area contributed by atoms with Crippen LogP contribution < -0.4 is 4.74 Å². The quantitative estimate of drug-likeness (QED) is 0.785. The van der Waals surface area contributed by atoms with Gasteiger partial charge in [0.05, 0.1) is 31.9 Å². The van der Waals surface area contributed by atoms with E-state index in [9.17, 15) is 9.18 Å². The number of ether oxygens (including phenoxy) is 2. The minimum absolute atomic E-state index is 0.0740. The molecule has 1 aromatic heterocycles. The molecule has 4 rings (SSSR count). The van der Waals surface area contributed by atoms with Crippen LogP contribution in [0.2, 0.25) is 0 Å². The minimum atomic E-state index is -0.286. The molecule has 0 radical (unpaired) electrons. The lowest BCUT2D eigenvalue weighted by atomic mass is 9.91. The number of pyridine rings is 1. The lowest BCUT2D eigenvalue weighted by Gasteiger charge is -2.20. The molecule has 2 aromatic rings. The molecule has 3 heterocycles. The molecule has 142 valence electrons. The first-order valence-electron chi connectivity index (χ1n) is 9.35. The topological polar surface area (TPSA) is 51.7 Å². The maximum atomic E-state index is 13.0. The van der Waals surface area contributed by atoms with E-state index < -0.39 is 0 Å². The van der Waals surface area contributed by atoms with Crippen molar-refractivity contribution in [2.75, 3.05) is 26.3 Å². The Morgan fingerprint density at radius 2 is 2.11 bits per heavy atom. The van der Waals surface area contributed by atoms with Gasteiger partial charge in [0.25, 0.3) is 0 Å². The van der Waals surface area contributed by atoms with Gasteiger partial charge in [-0.05, 0) is 42.2 Å². The van der Waals surface area contributed by atoms with Gasteiger partial charge < -0.3 is 14.4 Å². The molecule has 3 atom stereocenters. The van der Waals surface area contributed by atoms with E-state index in [-0.39, 0.29) is 17.8 Å². The van der Waals surface area contributed by atoms with Gasteiger partial charge in [0, 0.05) is 25.2 Å². The fourth-order valence-electron chi connectivity index (χ4n) is 3.95. The van der Waals surface area contributed by atoms with E-state index in [4.69, 9.17) is 9.47 Å². The van der Waals surface area contributed by atoms with Gasteiger partial charge in [-0.25, -0.2) is 4.39 Å². The molecule has 0 N–H and O–H groups in total. The molecule has 5 nitrogen and oxygen atoms in total. The summed E-state index contributed by atoms with van der Waals surface area (Å²) in [4.78, 5) is 18.5. The van der Waals surface area contributed by atoms with Gasteiger partial charge in [-0.15, -0.1) is 0 Å². The van der Waals surface area contributed by atoms with Crippen LogP contribution in [-0.2, 0) is 16.0 Å². The number of carbonyl (C=O) groups excluding carboxylic acids is 1. The third-order valence-electron chi connectivity index (χ3n) is 5.45. The number of nitrogens with zero attached hydrogens (tertiary/aromatic N) is 2. The Balaban J connectivity index is 1.27. The summed E-state index contributed by atoms with van der Waals surface area (Å²) in [5, 5.41) is 0. The zero-order valence-corrected chi connectivity index (χ0v) is 15.1. The predicted molar refractivity (Wildman–Crippen MR) is 97.8 cm³/mol. The molecule has 0 unspecified atom stereocenters. The summed E-state index contributed by atoms with van der Waals surface area (Å²) in [7, 11) is 0. The summed E-state index contributed by atoms with van der Waals surface area (Å²) in [5.74, 6) is 1.32. The molecular weight excluding hydrogens is 347 g/mol. The third-order valence-corrected chi connectivity index (χ3v) is 5.45. The molecule has 2 aliphatic rings. The lowest BCUT2D eigenvalue weighted by Crippen LogP contribution is -2.32. The second-order valence-corrected chi connectivity index (χ2v) is 7.22. The number of amides is 1. The van der Waals surface area contributed by atoms with Crippen molar-refractivity contribution in [1.29, 1.82) is 0 Å². The van der Waals surface area contributed by atoms with E-state index in [1.165, 1.54) is 12.1 Å². The van der Waals surface area contributed by atoms with Crippen LogP contribution >= 0.6 is 0 Å². The molecule has 1 aromatic carbocycles. The van der Waals surface area contributed by atoms with E-state index in [1.54, 1.807) is 24.5 Å². The summed E-state index contributed by atoms with van der Waals surface area (Å²) >= 11 is 0. The first kappa shape index (κ1) is 17.9. The van der Waals surface area contributed by atoms with Crippen molar-refractivity contribution in [2.24, 2.45) is 11.8 Å². The standard InChI is InChI=1S/C21H23FN2O3/c22-17-5-3-15(4-6-17)10-21(25)24-12-19-16(14-27-20(19)13-24)7-9-26-18-2-1-8-23-11-18/h1-6,8,11,16,19-20H,7,9-10,12-14H2/t16-,19-,20-/m0/s1. The highest BCUT2D eigenvalue weighted by Gasteiger charge is 2.44. The van der Waals surface area contributed by atoms with Gasteiger partial charge in [-0.3, -0.25) is 9.78 Å². The van der Waals surface area contributed by atoms with Crippen LogP contribution in [0.3, 0.4) is 0 Å². The summed E-state index contributed by atoms with van der Waals surface area (Å²) in [6, 6.07) is 9.86. The van der Waals surface area contributed by atoms with E-state index in [2.05, 4.69) is 4.98 Å². The summed E-state index contributed by atoms with van der Waals surface area (Å²) < 4.78 is 24.7. The maximum Gasteiger partial charge on any atom is 0.227 e. The molecule has 1 amide bonds. The van der Waals surface area contributed by atoms with Gasteiger partial charge in [0.1, 0.15) is 11.6 Å². The van der Waals surface area contributed by atoms with E-state index in [1.807, 2.05) is 17.0 Å². The van der Waals surface area contributed by atoms with E-state index >= 15 is 0 Å². The zero-order valence-electron chi connectivity index (χ0n) is 15.1. The number of aromatic nitrogens is 1. The highest BCUT2D eigenvalue weighted by molar-refractivity contribution is 5.79. The largest absolute Gasteiger partial charge is 0.492 e. The zero-order chi connectivity index (χ0) is 18.6.